The van der Waals surface area contributed by atoms with Gasteiger partial charge in [0.1, 0.15) is 5.82 Å². The van der Waals surface area contributed by atoms with E-state index in [4.69, 9.17) is 10.9 Å². The zero-order chi connectivity index (χ0) is 15.2. The fourth-order valence-electron chi connectivity index (χ4n) is 2.35. The molecular formula is C14H19FN4O2. The van der Waals surface area contributed by atoms with E-state index in [1.54, 1.807) is 17.0 Å². The van der Waals surface area contributed by atoms with Gasteiger partial charge in [0.05, 0.1) is 12.1 Å². The SMILES string of the molecule is N/C(=N/O)c1cccc(CNCC(=O)N2CCCC2)c1F. The van der Waals surface area contributed by atoms with Gasteiger partial charge >= 0.3 is 0 Å². The molecule has 1 amide bonds. The Morgan fingerprint density at radius 1 is 1.43 bits per heavy atom. The van der Waals surface area contributed by atoms with Crippen LogP contribution in [-0.2, 0) is 11.3 Å². The van der Waals surface area contributed by atoms with Crippen molar-refractivity contribution in [1.29, 1.82) is 0 Å². The molecule has 0 aromatic heterocycles. The van der Waals surface area contributed by atoms with E-state index in [0.717, 1.165) is 25.9 Å². The van der Waals surface area contributed by atoms with Crippen molar-refractivity contribution in [2.24, 2.45) is 10.9 Å². The van der Waals surface area contributed by atoms with E-state index in [1.165, 1.54) is 6.07 Å². The lowest BCUT2D eigenvalue weighted by Gasteiger charge is -2.15. The number of carbonyl (C=O) groups is 1. The maximum absolute atomic E-state index is 14.1. The van der Waals surface area contributed by atoms with E-state index in [9.17, 15) is 9.18 Å². The summed E-state index contributed by atoms with van der Waals surface area (Å²) in [6, 6.07) is 4.65. The predicted octanol–water partition coefficient (Wildman–Crippen LogP) is 0.632. The molecule has 1 heterocycles. The normalized spacial score (nSPS) is 15.5. The molecule has 0 bridgehead atoms. The molecule has 0 atom stereocenters. The van der Waals surface area contributed by atoms with E-state index < -0.39 is 5.82 Å². The summed E-state index contributed by atoms with van der Waals surface area (Å²) in [6.45, 7) is 1.98. The number of oxime groups is 1. The number of benzene rings is 1. The fraction of sp³-hybridized carbons (Fsp3) is 0.429. The summed E-state index contributed by atoms with van der Waals surface area (Å²) in [5.74, 6) is -0.795. The number of nitrogens with one attached hydrogen (secondary N) is 1. The Morgan fingerprint density at radius 3 is 2.81 bits per heavy atom. The summed E-state index contributed by atoms with van der Waals surface area (Å²) in [7, 11) is 0. The van der Waals surface area contributed by atoms with E-state index in [2.05, 4.69) is 10.5 Å². The van der Waals surface area contributed by atoms with Crippen LogP contribution in [0.15, 0.2) is 23.4 Å². The Kier molecular flexibility index (Phi) is 5.10. The van der Waals surface area contributed by atoms with Gasteiger partial charge in [-0.1, -0.05) is 17.3 Å². The summed E-state index contributed by atoms with van der Waals surface area (Å²) in [5, 5.41) is 14.3. The maximum Gasteiger partial charge on any atom is 0.236 e. The second-order valence-corrected chi connectivity index (χ2v) is 4.96. The van der Waals surface area contributed by atoms with Crippen molar-refractivity contribution in [3.63, 3.8) is 0 Å². The number of hydrogen-bond acceptors (Lipinski definition) is 4. The number of halogens is 1. The van der Waals surface area contributed by atoms with Crippen LogP contribution in [0.2, 0.25) is 0 Å². The second kappa shape index (κ2) is 7.03. The second-order valence-electron chi connectivity index (χ2n) is 4.96. The third-order valence-electron chi connectivity index (χ3n) is 3.51. The third-order valence-corrected chi connectivity index (χ3v) is 3.51. The number of amidine groups is 1. The first-order valence-corrected chi connectivity index (χ1v) is 6.87. The van der Waals surface area contributed by atoms with E-state index in [1.807, 2.05) is 0 Å². The molecule has 0 spiro atoms. The Hall–Kier alpha value is -2.15. The number of likely N-dealkylation sites (tertiary alicyclic amines) is 1. The molecule has 0 unspecified atom stereocenters. The summed E-state index contributed by atoms with van der Waals surface area (Å²) < 4.78 is 14.1. The Labute approximate surface area is 122 Å². The molecule has 1 aliphatic heterocycles. The number of nitrogens with two attached hydrogens (primary N) is 1. The number of hydrogen-bond donors (Lipinski definition) is 3. The molecule has 1 fully saturated rings. The van der Waals surface area contributed by atoms with E-state index >= 15 is 0 Å². The molecule has 114 valence electrons. The van der Waals surface area contributed by atoms with Crippen molar-refractivity contribution in [3.8, 4) is 0 Å². The van der Waals surface area contributed by atoms with Crippen LogP contribution in [-0.4, -0.2) is 41.5 Å². The maximum atomic E-state index is 14.1. The molecule has 1 aromatic rings. The van der Waals surface area contributed by atoms with Crippen LogP contribution in [0.25, 0.3) is 0 Å². The zero-order valence-corrected chi connectivity index (χ0v) is 11.7. The first-order chi connectivity index (χ1) is 10.1. The summed E-state index contributed by atoms with van der Waals surface area (Å²) in [5.41, 5.74) is 5.82. The molecule has 2 rings (SSSR count). The van der Waals surface area contributed by atoms with Crippen LogP contribution in [0.1, 0.15) is 24.0 Å². The molecule has 1 aliphatic rings. The molecule has 21 heavy (non-hydrogen) atoms. The van der Waals surface area contributed by atoms with E-state index in [-0.39, 0.29) is 30.4 Å². The van der Waals surface area contributed by atoms with Crippen molar-refractivity contribution in [1.82, 2.24) is 10.2 Å². The summed E-state index contributed by atoms with van der Waals surface area (Å²) in [6.07, 6.45) is 2.09. The van der Waals surface area contributed by atoms with Crippen molar-refractivity contribution < 1.29 is 14.4 Å². The largest absolute Gasteiger partial charge is 0.409 e. The van der Waals surface area contributed by atoms with Gasteiger partial charge in [0.25, 0.3) is 0 Å². The molecular weight excluding hydrogens is 275 g/mol. The smallest absolute Gasteiger partial charge is 0.236 e. The molecule has 1 saturated heterocycles. The van der Waals surface area contributed by atoms with E-state index in [0.29, 0.717) is 5.56 Å². The number of rotatable bonds is 5. The lowest BCUT2D eigenvalue weighted by molar-refractivity contribution is -0.129. The van der Waals surface area contributed by atoms with Crippen LogP contribution >= 0.6 is 0 Å². The quantitative estimate of drug-likeness (QED) is 0.321. The molecule has 6 nitrogen and oxygen atoms in total. The van der Waals surface area contributed by atoms with Crippen molar-refractivity contribution in [2.45, 2.75) is 19.4 Å². The number of carbonyl (C=O) groups excluding carboxylic acids is 1. The average Bonchev–Trinajstić information content (AvgIpc) is 3.02. The lowest BCUT2D eigenvalue weighted by Crippen LogP contribution is -2.36. The number of amides is 1. The highest BCUT2D eigenvalue weighted by atomic mass is 19.1. The highest BCUT2D eigenvalue weighted by Crippen LogP contribution is 2.13. The lowest BCUT2D eigenvalue weighted by atomic mass is 10.1. The highest BCUT2D eigenvalue weighted by Gasteiger charge is 2.17. The van der Waals surface area contributed by atoms with Crippen LogP contribution in [0, 0.1) is 5.82 Å². The van der Waals surface area contributed by atoms with Crippen molar-refractivity contribution >= 4 is 11.7 Å². The van der Waals surface area contributed by atoms with Gasteiger partial charge in [0.15, 0.2) is 5.84 Å². The first kappa shape index (κ1) is 15.2. The minimum Gasteiger partial charge on any atom is -0.409 e. The highest BCUT2D eigenvalue weighted by molar-refractivity contribution is 5.97. The molecule has 4 N–H and O–H groups in total. The topological polar surface area (TPSA) is 91.0 Å². The molecule has 7 heteroatoms. The molecule has 0 aliphatic carbocycles. The Morgan fingerprint density at radius 2 is 2.14 bits per heavy atom. The van der Waals surface area contributed by atoms with Crippen LogP contribution in [0.4, 0.5) is 4.39 Å². The van der Waals surface area contributed by atoms with Gasteiger partial charge in [-0.3, -0.25) is 4.79 Å². The Balaban J connectivity index is 1.92. The van der Waals surface area contributed by atoms with Gasteiger partial charge in [-0.15, -0.1) is 0 Å². The van der Waals surface area contributed by atoms with Crippen LogP contribution < -0.4 is 11.1 Å². The van der Waals surface area contributed by atoms with Crippen LogP contribution in [0.3, 0.4) is 0 Å². The van der Waals surface area contributed by atoms with Gasteiger partial charge < -0.3 is 21.2 Å². The van der Waals surface area contributed by atoms with Gasteiger partial charge in [-0.2, -0.15) is 0 Å². The van der Waals surface area contributed by atoms with Gasteiger partial charge in [-0.05, 0) is 18.9 Å². The minimum atomic E-state index is -0.547. The average molecular weight is 294 g/mol. The van der Waals surface area contributed by atoms with Gasteiger partial charge in [0.2, 0.25) is 5.91 Å². The van der Waals surface area contributed by atoms with Crippen LogP contribution in [0.5, 0.6) is 0 Å². The predicted molar refractivity (Wildman–Crippen MR) is 76.4 cm³/mol. The monoisotopic (exact) mass is 294 g/mol. The fourth-order valence-corrected chi connectivity index (χ4v) is 2.35. The minimum absolute atomic E-state index is 0.0282. The molecule has 0 saturated carbocycles. The summed E-state index contributed by atoms with van der Waals surface area (Å²) >= 11 is 0. The van der Waals surface area contributed by atoms with Crippen molar-refractivity contribution in [3.05, 3.63) is 35.1 Å². The van der Waals surface area contributed by atoms with Gasteiger partial charge in [0, 0.05) is 25.2 Å². The van der Waals surface area contributed by atoms with Gasteiger partial charge in [-0.25, -0.2) is 4.39 Å². The van der Waals surface area contributed by atoms with Crippen molar-refractivity contribution in [2.75, 3.05) is 19.6 Å². The molecule has 0 radical (unpaired) electrons. The number of nitrogens with zero attached hydrogens (tertiary/aromatic N) is 2. The standard InChI is InChI=1S/C14H19FN4O2/c15-13-10(4-3-5-11(13)14(16)18-21)8-17-9-12(20)19-6-1-2-7-19/h3-5,17,21H,1-2,6-9H2,(H2,16,18). The molecule has 1 aromatic carbocycles. The Bertz CT molecular complexity index is 542. The zero-order valence-electron chi connectivity index (χ0n) is 11.7. The summed E-state index contributed by atoms with van der Waals surface area (Å²) in [4.78, 5) is 13.6. The first-order valence-electron chi connectivity index (χ1n) is 6.87. The third kappa shape index (κ3) is 3.69.